The Bertz CT molecular complexity index is 718. The van der Waals surface area contributed by atoms with Crippen LogP contribution in [0.4, 0.5) is 0 Å². The van der Waals surface area contributed by atoms with E-state index in [-0.39, 0.29) is 23.0 Å². The molecule has 0 radical (unpaired) electrons. The van der Waals surface area contributed by atoms with E-state index in [1.807, 2.05) is 4.57 Å². The van der Waals surface area contributed by atoms with Gasteiger partial charge in [0.25, 0.3) is 0 Å². The van der Waals surface area contributed by atoms with Crippen molar-refractivity contribution in [3.05, 3.63) is 23.3 Å². The lowest BCUT2D eigenvalue weighted by molar-refractivity contribution is -0.121. The van der Waals surface area contributed by atoms with Crippen LogP contribution in [0, 0.1) is 28.6 Å². The molecule has 1 aromatic heterocycles. The average Bonchev–Trinajstić information content (AvgIpc) is 2.96. The predicted molar refractivity (Wildman–Crippen MR) is 91.1 cm³/mol. The molecule has 24 heavy (non-hydrogen) atoms. The molecule has 1 aliphatic heterocycles. The summed E-state index contributed by atoms with van der Waals surface area (Å²) in [5.41, 5.74) is 1.14. The van der Waals surface area contributed by atoms with Crippen molar-refractivity contribution in [1.29, 1.82) is 5.26 Å². The van der Waals surface area contributed by atoms with Gasteiger partial charge in [0.1, 0.15) is 5.82 Å². The Morgan fingerprint density at radius 2 is 2.08 bits per heavy atom. The third-order valence-electron chi connectivity index (χ3n) is 5.54. The first kappa shape index (κ1) is 16.9. The summed E-state index contributed by atoms with van der Waals surface area (Å²) < 4.78 is 2.02. The van der Waals surface area contributed by atoms with E-state index in [9.17, 15) is 10.1 Å². The van der Waals surface area contributed by atoms with Crippen LogP contribution >= 0.6 is 0 Å². The maximum atomic E-state index is 13.1. The molecule has 3 rings (SSSR count). The second-order valence-corrected chi connectivity index (χ2v) is 7.97. The zero-order valence-electron chi connectivity index (χ0n) is 15.0. The van der Waals surface area contributed by atoms with Gasteiger partial charge in [-0.05, 0) is 38.0 Å². The summed E-state index contributed by atoms with van der Waals surface area (Å²) in [6.45, 7) is 9.14. The largest absolute Gasteiger partial charge is 0.313 e. The lowest BCUT2D eigenvalue weighted by Crippen LogP contribution is -2.20. The standard InChI is InChI=1S/C19H26N4O/c1-12(2)10-14-16(19(14,3)4)17(24)13(11-20)18-22-21-15-8-6-5-7-9-23(15)18/h10,13-14,16H,5-9H2,1-4H3/t13-,14+,16+/m0/s1. The normalized spacial score (nSPS) is 25.8. The number of aryl methyl sites for hydroxylation is 1. The van der Waals surface area contributed by atoms with Crippen molar-refractivity contribution < 1.29 is 4.79 Å². The summed E-state index contributed by atoms with van der Waals surface area (Å²) in [6.07, 6.45) is 6.36. The van der Waals surface area contributed by atoms with E-state index in [2.05, 4.69) is 50.0 Å². The molecule has 128 valence electrons. The highest BCUT2D eigenvalue weighted by atomic mass is 16.1. The van der Waals surface area contributed by atoms with Crippen molar-refractivity contribution in [3.8, 4) is 6.07 Å². The predicted octanol–water partition coefficient (Wildman–Crippen LogP) is 3.42. The molecule has 5 heteroatoms. The highest BCUT2D eigenvalue weighted by molar-refractivity contribution is 5.93. The molecular formula is C19H26N4O. The molecule has 0 spiro atoms. The molecule has 0 N–H and O–H groups in total. The number of ketones is 1. The minimum atomic E-state index is -0.802. The lowest BCUT2D eigenvalue weighted by atomic mass is 9.96. The van der Waals surface area contributed by atoms with Crippen molar-refractivity contribution in [2.75, 3.05) is 0 Å². The Balaban J connectivity index is 1.88. The van der Waals surface area contributed by atoms with Crippen LogP contribution < -0.4 is 0 Å². The molecular weight excluding hydrogens is 300 g/mol. The van der Waals surface area contributed by atoms with Gasteiger partial charge in [0, 0.05) is 18.9 Å². The fourth-order valence-corrected chi connectivity index (χ4v) is 4.04. The van der Waals surface area contributed by atoms with Crippen LogP contribution in [0.25, 0.3) is 0 Å². The Hall–Kier alpha value is -1.96. The third kappa shape index (κ3) is 2.79. The zero-order chi connectivity index (χ0) is 17.5. The van der Waals surface area contributed by atoms with Crippen molar-refractivity contribution in [2.45, 2.75) is 65.8 Å². The van der Waals surface area contributed by atoms with E-state index in [0.29, 0.717) is 5.82 Å². The monoisotopic (exact) mass is 326 g/mol. The van der Waals surface area contributed by atoms with E-state index in [1.165, 1.54) is 5.57 Å². The van der Waals surface area contributed by atoms with Gasteiger partial charge in [-0.2, -0.15) is 5.26 Å². The van der Waals surface area contributed by atoms with Gasteiger partial charge in [0.05, 0.1) is 6.07 Å². The van der Waals surface area contributed by atoms with Crippen LogP contribution in [0.1, 0.15) is 64.5 Å². The fourth-order valence-electron chi connectivity index (χ4n) is 4.04. The first-order chi connectivity index (χ1) is 11.4. The van der Waals surface area contributed by atoms with E-state index in [0.717, 1.165) is 38.1 Å². The summed E-state index contributed by atoms with van der Waals surface area (Å²) >= 11 is 0. The molecule has 0 aromatic carbocycles. The molecule has 2 heterocycles. The van der Waals surface area contributed by atoms with Gasteiger partial charge in [0.15, 0.2) is 17.5 Å². The van der Waals surface area contributed by atoms with Crippen LogP contribution in [0.15, 0.2) is 11.6 Å². The van der Waals surface area contributed by atoms with Gasteiger partial charge in [-0.3, -0.25) is 4.79 Å². The molecule has 0 saturated heterocycles. The van der Waals surface area contributed by atoms with Crippen molar-refractivity contribution in [1.82, 2.24) is 14.8 Å². The fraction of sp³-hybridized carbons (Fsp3) is 0.684. The molecule has 1 aliphatic carbocycles. The van der Waals surface area contributed by atoms with Crippen molar-refractivity contribution in [2.24, 2.45) is 17.3 Å². The highest BCUT2D eigenvalue weighted by Crippen LogP contribution is 2.61. The maximum Gasteiger partial charge on any atom is 0.165 e. The van der Waals surface area contributed by atoms with Gasteiger partial charge < -0.3 is 4.57 Å². The van der Waals surface area contributed by atoms with Crippen LogP contribution in [-0.2, 0) is 17.8 Å². The molecule has 1 fully saturated rings. The van der Waals surface area contributed by atoms with Crippen molar-refractivity contribution >= 4 is 5.78 Å². The number of carbonyl (C=O) groups excluding carboxylic acids is 1. The van der Waals surface area contributed by atoms with Gasteiger partial charge in [-0.1, -0.05) is 31.9 Å². The van der Waals surface area contributed by atoms with E-state index in [4.69, 9.17) is 0 Å². The quantitative estimate of drug-likeness (QED) is 0.795. The van der Waals surface area contributed by atoms with Gasteiger partial charge >= 0.3 is 0 Å². The topological polar surface area (TPSA) is 71.6 Å². The number of aromatic nitrogens is 3. The molecule has 1 saturated carbocycles. The van der Waals surface area contributed by atoms with Crippen LogP contribution in [-0.4, -0.2) is 20.5 Å². The SMILES string of the molecule is CC(C)=C[C@@H]1[C@H](C(=O)[C@H](C#N)c2nnc3n2CCCCC3)C1(C)C. The first-order valence-electron chi connectivity index (χ1n) is 8.88. The van der Waals surface area contributed by atoms with Crippen LogP contribution in [0.5, 0.6) is 0 Å². The maximum absolute atomic E-state index is 13.1. The summed E-state index contributed by atoms with van der Waals surface area (Å²) in [4.78, 5) is 13.1. The Morgan fingerprint density at radius 3 is 2.75 bits per heavy atom. The molecule has 0 amide bonds. The average molecular weight is 326 g/mol. The molecule has 0 unspecified atom stereocenters. The molecule has 5 nitrogen and oxygen atoms in total. The highest BCUT2D eigenvalue weighted by Gasteiger charge is 2.61. The number of fused-ring (bicyclic) bond motifs is 1. The van der Waals surface area contributed by atoms with E-state index in [1.54, 1.807) is 0 Å². The number of nitrogens with zero attached hydrogens (tertiary/aromatic N) is 4. The number of Topliss-reactive ketones (excluding diaryl/α,β-unsaturated/α-hetero) is 1. The number of hydrogen-bond acceptors (Lipinski definition) is 4. The Morgan fingerprint density at radius 1 is 1.33 bits per heavy atom. The smallest absolute Gasteiger partial charge is 0.165 e. The first-order valence-corrected chi connectivity index (χ1v) is 8.88. The Labute approximate surface area is 143 Å². The third-order valence-corrected chi connectivity index (χ3v) is 5.54. The summed E-state index contributed by atoms with van der Waals surface area (Å²) in [6, 6.07) is 2.21. The molecule has 2 aliphatic rings. The number of rotatable bonds is 4. The van der Waals surface area contributed by atoms with E-state index < -0.39 is 5.92 Å². The van der Waals surface area contributed by atoms with Crippen LogP contribution in [0.3, 0.4) is 0 Å². The van der Waals surface area contributed by atoms with Crippen molar-refractivity contribution in [3.63, 3.8) is 0 Å². The zero-order valence-corrected chi connectivity index (χ0v) is 15.0. The Kier molecular flexibility index (Phi) is 4.33. The number of hydrogen-bond donors (Lipinski definition) is 0. The molecule has 0 bridgehead atoms. The van der Waals surface area contributed by atoms with Crippen LogP contribution in [0.2, 0.25) is 0 Å². The molecule has 1 aromatic rings. The minimum absolute atomic E-state index is 0.00412. The van der Waals surface area contributed by atoms with Gasteiger partial charge in [-0.25, -0.2) is 0 Å². The second-order valence-electron chi connectivity index (χ2n) is 7.97. The summed E-state index contributed by atoms with van der Waals surface area (Å²) in [5, 5.41) is 18.2. The van der Waals surface area contributed by atoms with E-state index >= 15 is 0 Å². The molecule has 3 atom stereocenters. The number of allylic oxidation sites excluding steroid dienone is 2. The minimum Gasteiger partial charge on any atom is -0.313 e. The number of carbonyl (C=O) groups is 1. The summed E-state index contributed by atoms with van der Waals surface area (Å²) in [7, 11) is 0. The van der Waals surface area contributed by atoms with Gasteiger partial charge in [-0.15, -0.1) is 10.2 Å². The lowest BCUT2D eigenvalue weighted by Gasteiger charge is -2.11. The second kappa shape index (κ2) is 6.16. The summed E-state index contributed by atoms with van der Waals surface area (Å²) in [5.74, 6) is 0.797. The van der Waals surface area contributed by atoms with Gasteiger partial charge in [0.2, 0.25) is 0 Å². The number of nitriles is 1.